The van der Waals surface area contributed by atoms with Crippen LogP contribution in [0.4, 0.5) is 0 Å². The van der Waals surface area contributed by atoms with Crippen molar-refractivity contribution in [2.45, 2.75) is 65.6 Å². The summed E-state index contributed by atoms with van der Waals surface area (Å²) in [6, 6.07) is 0. The normalized spacial score (nSPS) is 12.2. The van der Waals surface area contributed by atoms with Crippen LogP contribution in [0.25, 0.3) is 0 Å². The lowest BCUT2D eigenvalue weighted by molar-refractivity contribution is 0.719. The van der Waals surface area contributed by atoms with Gasteiger partial charge in [0, 0.05) is 0 Å². The Morgan fingerprint density at radius 1 is 1.29 bits per heavy atom. The van der Waals surface area contributed by atoms with Crippen LogP contribution in [0.2, 0.25) is 18.1 Å². The van der Waals surface area contributed by atoms with Gasteiger partial charge in [0.25, 0.3) is 0 Å². The van der Waals surface area contributed by atoms with Gasteiger partial charge < -0.3 is 0 Å². The largest absolute Gasteiger partial charge is 0.283 e. The van der Waals surface area contributed by atoms with Crippen LogP contribution in [-0.2, 0) is 0 Å². The molecule has 1 nitrogen and oxygen atoms in total. The number of hydrogen-bond donors (Lipinski definition) is 0. The van der Waals surface area contributed by atoms with Gasteiger partial charge in [-0.2, -0.15) is 0 Å². The van der Waals surface area contributed by atoms with Crippen molar-refractivity contribution in [3.63, 3.8) is 0 Å². The van der Waals surface area contributed by atoms with Crippen LogP contribution in [0.5, 0.6) is 0 Å². The van der Waals surface area contributed by atoms with Crippen LogP contribution in [-0.4, -0.2) is 14.1 Å². The summed E-state index contributed by atoms with van der Waals surface area (Å²) in [5.74, 6) is 3.23. The van der Waals surface area contributed by atoms with E-state index < -0.39 is 8.24 Å². The first-order valence-electron chi connectivity index (χ1n) is 5.51. The molecule has 0 radical (unpaired) electrons. The van der Waals surface area contributed by atoms with Crippen LogP contribution >= 0.6 is 0 Å². The van der Waals surface area contributed by atoms with Crippen molar-refractivity contribution in [1.82, 2.24) is 0 Å². The molecule has 0 bridgehead atoms. The lowest BCUT2D eigenvalue weighted by Crippen LogP contribution is -2.34. The zero-order valence-electron chi connectivity index (χ0n) is 10.9. The summed E-state index contributed by atoms with van der Waals surface area (Å²) in [5, 5.41) is 0.326. The molecule has 0 saturated heterocycles. The van der Waals surface area contributed by atoms with Crippen molar-refractivity contribution in [1.29, 1.82) is 0 Å². The number of hydrogen-bond acceptors (Lipinski definition) is 1. The molecule has 0 fully saturated rings. The van der Waals surface area contributed by atoms with Crippen LogP contribution in [0, 0.1) is 0 Å². The molecule has 0 aromatic carbocycles. The average Bonchev–Trinajstić information content (AvgIpc) is 1.99. The highest BCUT2D eigenvalue weighted by molar-refractivity contribution is 6.79. The predicted molar refractivity (Wildman–Crippen MR) is 68.7 cm³/mol. The third-order valence-corrected chi connectivity index (χ3v) is 7.33. The molecule has 0 atom stereocenters. The van der Waals surface area contributed by atoms with E-state index in [2.05, 4.69) is 53.6 Å². The highest BCUT2D eigenvalue weighted by atomic mass is 28.3. The van der Waals surface area contributed by atoms with Gasteiger partial charge in [0.2, 0.25) is 0 Å². The summed E-state index contributed by atoms with van der Waals surface area (Å²) >= 11 is 0. The Hall–Kier alpha value is -0.333. The van der Waals surface area contributed by atoms with Crippen molar-refractivity contribution in [2.24, 2.45) is 4.66 Å². The van der Waals surface area contributed by atoms with Gasteiger partial charge in [-0.25, -0.2) is 0 Å². The minimum Gasteiger partial charge on any atom is -0.283 e. The lowest BCUT2D eigenvalue weighted by atomic mass is 10.2. The van der Waals surface area contributed by atoms with E-state index in [0.717, 1.165) is 6.42 Å². The van der Waals surface area contributed by atoms with Crippen LogP contribution in [0.1, 0.15) is 47.5 Å². The summed E-state index contributed by atoms with van der Waals surface area (Å²) in [6.45, 7) is 15.8. The minimum absolute atomic E-state index is 0.326. The van der Waals surface area contributed by atoms with Crippen molar-refractivity contribution in [3.8, 4) is 0 Å². The molecule has 0 spiro atoms. The number of allylic oxidation sites excluding steroid dienone is 1. The van der Waals surface area contributed by atoms with E-state index in [1.54, 1.807) is 0 Å². The molecule has 0 rings (SSSR count). The Balaban J connectivity index is 4.73. The third kappa shape index (κ3) is 4.25. The van der Waals surface area contributed by atoms with E-state index >= 15 is 0 Å². The molecule has 0 amide bonds. The summed E-state index contributed by atoms with van der Waals surface area (Å²) in [5.41, 5.74) is 1.29. The van der Waals surface area contributed by atoms with Gasteiger partial charge >= 0.3 is 0 Å². The Kier molecular flexibility index (Phi) is 4.83. The smallest absolute Gasteiger partial charge is 0.192 e. The lowest BCUT2D eigenvalue weighted by Gasteiger charge is -2.31. The minimum atomic E-state index is -1.50. The summed E-state index contributed by atoms with van der Waals surface area (Å²) in [4.78, 5) is 0. The molecule has 0 N–H and O–H groups in total. The first kappa shape index (κ1) is 13.7. The van der Waals surface area contributed by atoms with Gasteiger partial charge in [-0.3, -0.25) is 4.66 Å². The first-order chi connectivity index (χ1) is 6.20. The SMILES string of the molecule is CCCC(C)=C=N[Si](C)(C)C(C)(C)C. The third-order valence-electron chi connectivity index (χ3n) is 2.99. The Morgan fingerprint density at radius 3 is 2.14 bits per heavy atom. The maximum Gasteiger partial charge on any atom is 0.192 e. The second kappa shape index (κ2) is 4.95. The molecular formula is C12H25NSi. The average molecular weight is 211 g/mol. The van der Waals surface area contributed by atoms with Gasteiger partial charge in [-0.15, -0.1) is 0 Å². The van der Waals surface area contributed by atoms with E-state index in [1.807, 2.05) is 0 Å². The second-order valence-corrected chi connectivity index (χ2v) is 10.4. The van der Waals surface area contributed by atoms with Crippen molar-refractivity contribution in [2.75, 3.05) is 0 Å². The van der Waals surface area contributed by atoms with E-state index in [0.29, 0.717) is 5.04 Å². The zero-order chi connectivity index (χ0) is 11.4. The molecule has 2 heteroatoms. The van der Waals surface area contributed by atoms with E-state index in [-0.39, 0.29) is 0 Å². The van der Waals surface area contributed by atoms with Gasteiger partial charge in [0.1, 0.15) is 0 Å². The molecule has 0 unspecified atom stereocenters. The molecule has 0 aliphatic rings. The fourth-order valence-electron chi connectivity index (χ4n) is 0.834. The van der Waals surface area contributed by atoms with E-state index in [4.69, 9.17) is 4.66 Å². The summed E-state index contributed by atoms with van der Waals surface area (Å²) < 4.78 is 4.70. The molecule has 0 aromatic heterocycles. The maximum atomic E-state index is 4.70. The maximum absolute atomic E-state index is 4.70. The second-order valence-electron chi connectivity index (χ2n) is 5.56. The Morgan fingerprint density at radius 2 is 1.79 bits per heavy atom. The van der Waals surface area contributed by atoms with E-state index in [9.17, 15) is 0 Å². The summed E-state index contributed by atoms with van der Waals surface area (Å²) in [6.07, 6.45) is 2.31. The molecule has 14 heavy (non-hydrogen) atoms. The molecular weight excluding hydrogens is 186 g/mol. The Labute approximate surface area is 90.4 Å². The first-order valence-corrected chi connectivity index (χ1v) is 8.46. The van der Waals surface area contributed by atoms with Crippen molar-refractivity contribution < 1.29 is 0 Å². The molecule has 0 aliphatic heterocycles. The van der Waals surface area contributed by atoms with Gasteiger partial charge in [-0.1, -0.05) is 34.1 Å². The quantitative estimate of drug-likeness (QED) is 0.484. The zero-order valence-corrected chi connectivity index (χ0v) is 11.9. The van der Waals surface area contributed by atoms with Crippen LogP contribution < -0.4 is 0 Å². The van der Waals surface area contributed by atoms with Crippen molar-refractivity contribution >= 4 is 14.1 Å². The van der Waals surface area contributed by atoms with Crippen LogP contribution in [0.15, 0.2) is 10.2 Å². The monoisotopic (exact) mass is 211 g/mol. The fourth-order valence-corrected chi connectivity index (χ4v) is 1.64. The number of nitrogens with zero attached hydrogens (tertiary/aromatic N) is 1. The van der Waals surface area contributed by atoms with Gasteiger partial charge in [-0.05, 0) is 42.9 Å². The van der Waals surface area contributed by atoms with E-state index in [1.165, 1.54) is 12.0 Å². The molecule has 0 heterocycles. The van der Waals surface area contributed by atoms with Crippen LogP contribution in [0.3, 0.4) is 0 Å². The standard InChI is InChI=1S/C12H25NSi/c1-8-9-11(2)10-13-14(6,7)12(3,4)5/h8-9H2,1-7H3. The van der Waals surface area contributed by atoms with Crippen molar-refractivity contribution in [3.05, 3.63) is 5.57 Å². The van der Waals surface area contributed by atoms with Gasteiger partial charge in [0.15, 0.2) is 8.24 Å². The predicted octanol–water partition coefficient (Wildman–Crippen LogP) is 4.41. The van der Waals surface area contributed by atoms with Gasteiger partial charge in [0.05, 0.1) is 0 Å². The Bertz CT molecular complexity index is 240. The highest BCUT2D eigenvalue weighted by Gasteiger charge is 2.35. The number of rotatable bonds is 3. The highest BCUT2D eigenvalue weighted by Crippen LogP contribution is 2.36. The molecule has 0 saturated carbocycles. The summed E-state index contributed by atoms with van der Waals surface area (Å²) in [7, 11) is -1.50. The molecule has 0 aromatic rings. The fraction of sp³-hybridized carbons (Fsp3) is 0.833. The topological polar surface area (TPSA) is 12.4 Å². The molecule has 0 aliphatic carbocycles. The molecule has 82 valence electrons.